The van der Waals surface area contributed by atoms with Gasteiger partial charge in [0, 0.05) is 82.9 Å². The minimum atomic E-state index is -4.80. The van der Waals surface area contributed by atoms with E-state index in [0.717, 1.165) is 34.5 Å². The SMILES string of the molecule is Cc1ncsc1-c1ccc(CNC(=O)[C@@H]2CCCN2C(=O)[C@@H](NC(=O)CCOCCOCCOCCC(=O)NCCCCn2cnc(-c3cnc(OC4CCN(C(=O)Cc5ccc(OC(F)(F)F)cc5)CC4)c(C(N)=O)c3)c2)C(C)(C)C)cc1. The van der Waals surface area contributed by atoms with Gasteiger partial charge in [-0.25, -0.2) is 15.0 Å². The quantitative estimate of drug-likeness (QED) is 0.0356. The van der Waals surface area contributed by atoms with Crippen LogP contribution in [0.4, 0.5) is 13.2 Å². The summed E-state index contributed by atoms with van der Waals surface area (Å²) in [5, 5.41) is 8.81. The third kappa shape index (κ3) is 19.8. The number of primary amides is 1. The van der Waals surface area contributed by atoms with Gasteiger partial charge in [-0.2, -0.15) is 0 Å². The van der Waals surface area contributed by atoms with Crippen molar-refractivity contribution in [3.63, 3.8) is 0 Å². The molecule has 25 heteroatoms. The number of imidazole rings is 1. The van der Waals surface area contributed by atoms with Crippen LogP contribution >= 0.6 is 11.3 Å². The van der Waals surface area contributed by atoms with E-state index in [1.165, 1.54) is 24.3 Å². The Bertz CT molecular complexity index is 2980. The third-order valence-electron chi connectivity index (χ3n) is 14.2. The molecule has 0 saturated carbocycles. The summed E-state index contributed by atoms with van der Waals surface area (Å²) in [6.45, 7) is 11.7. The standard InChI is InChI=1S/C59H75F3N10O11S/c1-39-52(84-38-68-39)42-13-9-41(10-14-42)34-65-55(77)48-8-7-23-72(48)57(78)53(58(2,3)4)69-50(74)20-27-80-29-31-81-30-28-79-26-19-49(73)64-21-5-6-22-70-36-47(67-37-70)43-33-46(54(63)76)56(66-35-43)82-44-17-24-71(25-18-44)51(75)32-40-11-15-45(16-12-40)83-59(60,61)62/h9-16,33,35-38,44,48,53H,5-8,17-32,34H2,1-4H3,(H2,63,76)(H,64,73)(H,65,77)(H,69,74)/t48-,53+/m0/s1. The number of alkyl halides is 3. The molecule has 0 spiro atoms. The molecule has 2 aliphatic rings. The molecule has 0 aliphatic carbocycles. The van der Waals surface area contributed by atoms with Crippen molar-refractivity contribution in [1.82, 2.24) is 45.3 Å². The Morgan fingerprint density at radius 1 is 0.786 bits per heavy atom. The molecule has 2 saturated heterocycles. The largest absolute Gasteiger partial charge is 0.573 e. The number of nitrogens with one attached hydrogen (secondary N) is 3. The van der Waals surface area contributed by atoms with Crippen molar-refractivity contribution < 1.29 is 65.6 Å². The van der Waals surface area contributed by atoms with E-state index in [-0.39, 0.29) is 105 Å². The number of aromatic nitrogens is 4. The summed E-state index contributed by atoms with van der Waals surface area (Å²) in [4.78, 5) is 95.7. The second-order valence-electron chi connectivity index (χ2n) is 21.6. The Hall–Kier alpha value is -7.48. The number of carbonyl (C=O) groups excluding carboxylic acids is 6. The van der Waals surface area contributed by atoms with Crippen molar-refractivity contribution in [3.05, 3.63) is 101 Å². The van der Waals surface area contributed by atoms with E-state index >= 15 is 0 Å². The van der Waals surface area contributed by atoms with E-state index in [9.17, 15) is 41.9 Å². The van der Waals surface area contributed by atoms with Gasteiger partial charge in [-0.15, -0.1) is 24.5 Å². The van der Waals surface area contributed by atoms with Gasteiger partial charge in [0.15, 0.2) is 0 Å². The van der Waals surface area contributed by atoms with Crippen molar-refractivity contribution in [2.45, 2.75) is 123 Å². The van der Waals surface area contributed by atoms with Gasteiger partial charge in [-0.3, -0.25) is 28.8 Å². The van der Waals surface area contributed by atoms with E-state index in [2.05, 4.69) is 35.6 Å². The van der Waals surface area contributed by atoms with Crippen molar-refractivity contribution in [1.29, 1.82) is 0 Å². The van der Waals surface area contributed by atoms with Crippen LogP contribution in [0.5, 0.6) is 11.6 Å². The summed E-state index contributed by atoms with van der Waals surface area (Å²) in [6, 6.07) is 13.3. The molecule has 0 unspecified atom stereocenters. The highest BCUT2D eigenvalue weighted by Crippen LogP contribution is 2.30. The molecule has 0 radical (unpaired) electrons. The van der Waals surface area contributed by atoms with Crippen molar-refractivity contribution in [2.24, 2.45) is 11.1 Å². The molecular weight excluding hydrogens is 1110 g/mol. The lowest BCUT2D eigenvalue weighted by molar-refractivity contribution is -0.274. The highest BCUT2D eigenvalue weighted by molar-refractivity contribution is 7.13. The number of rotatable bonds is 30. The minimum Gasteiger partial charge on any atom is -0.474 e. The van der Waals surface area contributed by atoms with Crippen LogP contribution in [-0.2, 0) is 57.7 Å². The molecule has 2 aromatic carbocycles. The first-order chi connectivity index (χ1) is 40.2. The van der Waals surface area contributed by atoms with E-state index in [0.29, 0.717) is 88.4 Å². The van der Waals surface area contributed by atoms with E-state index in [4.69, 9.17) is 24.7 Å². The highest BCUT2D eigenvalue weighted by atomic mass is 32.1. The van der Waals surface area contributed by atoms with Crippen LogP contribution in [-0.4, -0.2) is 155 Å². The average molecular weight is 1190 g/mol. The fourth-order valence-electron chi connectivity index (χ4n) is 9.59. The Morgan fingerprint density at radius 2 is 1.45 bits per heavy atom. The zero-order chi connectivity index (χ0) is 60.2. The number of ether oxygens (including phenoxy) is 5. The third-order valence-corrected chi connectivity index (χ3v) is 15.1. The van der Waals surface area contributed by atoms with Crippen LogP contribution in [0.2, 0.25) is 0 Å². The maximum Gasteiger partial charge on any atom is 0.573 e. The fraction of sp³-hybridized carbons (Fsp3) is 0.508. The Labute approximate surface area is 490 Å². The number of nitrogens with two attached hydrogens (primary N) is 1. The highest BCUT2D eigenvalue weighted by Gasteiger charge is 2.42. The lowest BCUT2D eigenvalue weighted by Gasteiger charge is -2.35. The van der Waals surface area contributed by atoms with Gasteiger partial charge in [0.05, 0.1) is 74.2 Å². The van der Waals surface area contributed by atoms with Crippen LogP contribution in [0.25, 0.3) is 21.7 Å². The molecule has 2 fully saturated rings. The zero-order valence-electron chi connectivity index (χ0n) is 47.9. The van der Waals surface area contributed by atoms with Gasteiger partial charge in [-0.1, -0.05) is 57.2 Å². The van der Waals surface area contributed by atoms with Crippen molar-refractivity contribution in [2.75, 3.05) is 65.8 Å². The molecule has 6 amide bonds. The number of thiazole rings is 1. The molecule has 454 valence electrons. The smallest absolute Gasteiger partial charge is 0.474 e. The zero-order valence-corrected chi connectivity index (χ0v) is 48.7. The number of aryl methyl sites for hydroxylation is 2. The second kappa shape index (κ2) is 30.9. The summed E-state index contributed by atoms with van der Waals surface area (Å²) >= 11 is 1.58. The molecular formula is C59H75F3N10O11S. The summed E-state index contributed by atoms with van der Waals surface area (Å²) in [7, 11) is 0. The van der Waals surface area contributed by atoms with Gasteiger partial charge in [0.1, 0.15) is 29.5 Å². The van der Waals surface area contributed by atoms with Crippen LogP contribution in [0.15, 0.2) is 78.8 Å². The van der Waals surface area contributed by atoms with E-state index in [1.807, 2.05) is 68.2 Å². The molecule has 0 bridgehead atoms. The van der Waals surface area contributed by atoms with Gasteiger partial charge in [0.2, 0.25) is 35.4 Å². The number of amides is 6. The van der Waals surface area contributed by atoms with Gasteiger partial charge >= 0.3 is 6.36 Å². The lowest BCUT2D eigenvalue weighted by atomic mass is 9.85. The maximum atomic E-state index is 13.9. The van der Waals surface area contributed by atoms with Crippen LogP contribution < -0.4 is 31.2 Å². The number of benzene rings is 2. The lowest BCUT2D eigenvalue weighted by Crippen LogP contribution is -2.57. The predicted octanol–water partition coefficient (Wildman–Crippen LogP) is 6.55. The predicted molar refractivity (Wildman–Crippen MR) is 305 cm³/mol. The van der Waals surface area contributed by atoms with Crippen molar-refractivity contribution >= 4 is 46.8 Å². The molecule has 2 aliphatic heterocycles. The number of piperidine rings is 1. The number of pyridine rings is 1. The monoisotopic (exact) mass is 1190 g/mol. The molecule has 5 heterocycles. The van der Waals surface area contributed by atoms with Gasteiger partial charge < -0.3 is 59.7 Å². The van der Waals surface area contributed by atoms with Gasteiger partial charge in [-0.05, 0) is 72.9 Å². The molecule has 2 atom stereocenters. The molecule has 7 rings (SSSR count). The summed E-state index contributed by atoms with van der Waals surface area (Å²) < 4.78 is 66.1. The molecule has 3 aromatic heterocycles. The molecule has 5 N–H and O–H groups in total. The Morgan fingerprint density at radius 3 is 2.10 bits per heavy atom. The normalized spacial score (nSPS) is 15.2. The number of hydrogen-bond acceptors (Lipinski definition) is 15. The van der Waals surface area contributed by atoms with Crippen LogP contribution in [0.3, 0.4) is 0 Å². The minimum absolute atomic E-state index is 0.0145. The second-order valence-corrected chi connectivity index (χ2v) is 22.5. The Kier molecular flexibility index (Phi) is 23.6. The summed E-state index contributed by atoms with van der Waals surface area (Å²) in [6.07, 6.45) is 3.77. The maximum absolute atomic E-state index is 13.9. The van der Waals surface area contributed by atoms with E-state index < -0.39 is 29.8 Å². The van der Waals surface area contributed by atoms with Gasteiger partial charge in [0.25, 0.3) is 5.91 Å². The molecule has 21 nitrogen and oxygen atoms in total. The number of unbranched alkanes of at least 4 members (excludes halogenated alkanes) is 1. The number of halogens is 3. The first-order valence-corrected chi connectivity index (χ1v) is 29.1. The molecule has 84 heavy (non-hydrogen) atoms. The van der Waals surface area contributed by atoms with Crippen LogP contribution in [0, 0.1) is 12.3 Å². The number of carbonyl (C=O) groups is 6. The average Bonchev–Trinajstić information content (AvgIpc) is 4.04. The van der Waals surface area contributed by atoms with E-state index in [1.54, 1.807) is 39.7 Å². The molecule has 5 aromatic rings. The summed E-state index contributed by atoms with van der Waals surface area (Å²) in [5.41, 5.74) is 11.7. The summed E-state index contributed by atoms with van der Waals surface area (Å²) in [5.74, 6) is -2.17. The first kappa shape index (κ1) is 64.1. The first-order valence-electron chi connectivity index (χ1n) is 28.2. The number of nitrogens with zero attached hydrogens (tertiary/aromatic N) is 6. The van der Waals surface area contributed by atoms with Crippen molar-refractivity contribution in [3.8, 4) is 33.3 Å². The number of hydrogen-bond donors (Lipinski definition) is 4. The number of likely N-dealkylation sites (tertiary alicyclic amines) is 2. The van der Waals surface area contributed by atoms with Crippen LogP contribution in [0.1, 0.15) is 99.3 Å². The fourth-order valence-corrected chi connectivity index (χ4v) is 10.4. The topological polar surface area (TPSA) is 261 Å². The Balaban J connectivity index is 0.693.